The summed E-state index contributed by atoms with van der Waals surface area (Å²) < 4.78 is 0. The number of hydrogen-bond donors (Lipinski definition) is 1. The molecule has 0 radical (unpaired) electrons. The van der Waals surface area contributed by atoms with Crippen LogP contribution in [0.1, 0.15) is 29.2 Å². The highest BCUT2D eigenvalue weighted by atomic mass is 35.5. The monoisotopic (exact) mass is 300 g/mol. The predicted molar refractivity (Wildman–Crippen MR) is 78.6 cm³/mol. The Hall–Kier alpha value is -0.610. The fraction of sp³-hybridized carbons (Fsp3) is 0.308. The van der Waals surface area contributed by atoms with E-state index in [1.54, 1.807) is 11.3 Å². The molecule has 2 nitrogen and oxygen atoms in total. The average Bonchev–Trinajstić information content (AvgIpc) is 2.75. The first kappa shape index (κ1) is 13.8. The number of benzene rings is 1. The maximum Gasteiger partial charge on any atom is 0.0897 e. The molecule has 1 heterocycles. The number of rotatable bonds is 4. The highest BCUT2D eigenvalue weighted by molar-refractivity contribution is 7.09. The maximum atomic E-state index is 6.01. The van der Waals surface area contributed by atoms with Crippen molar-refractivity contribution in [2.45, 2.75) is 26.4 Å². The fourth-order valence-corrected chi connectivity index (χ4v) is 2.57. The third-order valence-electron chi connectivity index (χ3n) is 2.70. The first-order valence-corrected chi connectivity index (χ1v) is 7.29. The van der Waals surface area contributed by atoms with Crippen molar-refractivity contribution < 1.29 is 0 Å². The molecule has 0 fully saturated rings. The summed E-state index contributed by atoms with van der Waals surface area (Å²) in [5.41, 5.74) is 2.20. The molecule has 0 aliphatic carbocycles. The fourth-order valence-electron chi connectivity index (χ4n) is 1.65. The molecule has 0 aliphatic rings. The van der Waals surface area contributed by atoms with Crippen molar-refractivity contribution in [1.29, 1.82) is 0 Å². The molecule has 1 aromatic carbocycles. The van der Waals surface area contributed by atoms with Crippen molar-refractivity contribution in [3.63, 3.8) is 0 Å². The lowest BCUT2D eigenvalue weighted by molar-refractivity contribution is 0.569. The molecule has 96 valence electrons. The molecule has 5 heteroatoms. The molecule has 1 N–H and O–H groups in total. The van der Waals surface area contributed by atoms with Crippen LogP contribution in [0.15, 0.2) is 23.6 Å². The number of nitrogens with one attached hydrogen (secondary N) is 1. The van der Waals surface area contributed by atoms with Gasteiger partial charge in [-0.05, 0) is 31.5 Å². The molecule has 0 amide bonds. The standard InChI is InChI=1S/C13H14Cl2N2S/c1-8(10-3-4-12(14)13(15)5-10)16-6-11-7-18-9(2)17-11/h3-5,7-8,16H,6H2,1-2H3/t8-/m1/s1. The Kier molecular flexibility index (Phi) is 4.62. The third-order valence-corrected chi connectivity index (χ3v) is 4.26. The van der Waals surface area contributed by atoms with E-state index < -0.39 is 0 Å². The van der Waals surface area contributed by atoms with Gasteiger partial charge >= 0.3 is 0 Å². The number of aryl methyl sites for hydroxylation is 1. The zero-order chi connectivity index (χ0) is 13.1. The van der Waals surface area contributed by atoms with Crippen molar-refractivity contribution in [3.8, 4) is 0 Å². The number of nitrogens with zero attached hydrogens (tertiary/aromatic N) is 1. The van der Waals surface area contributed by atoms with Gasteiger partial charge in [0.25, 0.3) is 0 Å². The van der Waals surface area contributed by atoms with Gasteiger partial charge in [0, 0.05) is 18.0 Å². The van der Waals surface area contributed by atoms with Gasteiger partial charge in [0.05, 0.1) is 20.7 Å². The molecule has 0 saturated carbocycles. The lowest BCUT2D eigenvalue weighted by Crippen LogP contribution is -2.18. The summed E-state index contributed by atoms with van der Waals surface area (Å²) in [6.07, 6.45) is 0. The third kappa shape index (κ3) is 3.45. The summed E-state index contributed by atoms with van der Waals surface area (Å²) in [6, 6.07) is 5.91. The van der Waals surface area contributed by atoms with Crippen molar-refractivity contribution in [1.82, 2.24) is 10.3 Å². The molecule has 2 rings (SSSR count). The Morgan fingerprint density at radius 1 is 1.33 bits per heavy atom. The van der Waals surface area contributed by atoms with Crippen molar-refractivity contribution in [3.05, 3.63) is 49.9 Å². The van der Waals surface area contributed by atoms with E-state index in [0.717, 1.165) is 22.8 Å². The maximum absolute atomic E-state index is 6.01. The van der Waals surface area contributed by atoms with Crippen LogP contribution in [0.4, 0.5) is 0 Å². The summed E-state index contributed by atoms with van der Waals surface area (Å²) in [7, 11) is 0. The Labute approximate surface area is 121 Å². The molecule has 0 unspecified atom stereocenters. The van der Waals surface area contributed by atoms with Gasteiger partial charge < -0.3 is 5.32 Å². The minimum absolute atomic E-state index is 0.210. The lowest BCUT2D eigenvalue weighted by Gasteiger charge is -2.14. The molecule has 0 spiro atoms. The van der Waals surface area contributed by atoms with Crippen LogP contribution in [-0.2, 0) is 6.54 Å². The van der Waals surface area contributed by atoms with Crippen molar-refractivity contribution in [2.75, 3.05) is 0 Å². The summed E-state index contributed by atoms with van der Waals surface area (Å²) in [6.45, 7) is 4.86. The van der Waals surface area contributed by atoms with Crippen LogP contribution in [0.2, 0.25) is 10.0 Å². The topological polar surface area (TPSA) is 24.9 Å². The van der Waals surface area contributed by atoms with Gasteiger partial charge in [0.2, 0.25) is 0 Å². The average molecular weight is 301 g/mol. The van der Waals surface area contributed by atoms with Crippen LogP contribution >= 0.6 is 34.5 Å². The van der Waals surface area contributed by atoms with Crippen LogP contribution < -0.4 is 5.32 Å². The van der Waals surface area contributed by atoms with E-state index in [4.69, 9.17) is 23.2 Å². The van der Waals surface area contributed by atoms with Gasteiger partial charge in [0.15, 0.2) is 0 Å². The Balaban J connectivity index is 1.99. The van der Waals surface area contributed by atoms with E-state index in [1.807, 2.05) is 25.1 Å². The van der Waals surface area contributed by atoms with E-state index >= 15 is 0 Å². The zero-order valence-electron chi connectivity index (χ0n) is 10.2. The molecule has 2 aromatic rings. The van der Waals surface area contributed by atoms with E-state index in [1.165, 1.54) is 0 Å². The van der Waals surface area contributed by atoms with Gasteiger partial charge in [-0.3, -0.25) is 0 Å². The minimum atomic E-state index is 0.210. The highest BCUT2D eigenvalue weighted by Crippen LogP contribution is 2.25. The number of hydrogen-bond acceptors (Lipinski definition) is 3. The first-order chi connectivity index (χ1) is 8.56. The highest BCUT2D eigenvalue weighted by Gasteiger charge is 2.08. The van der Waals surface area contributed by atoms with Crippen LogP contribution in [0.25, 0.3) is 0 Å². The molecule has 0 aliphatic heterocycles. The predicted octanol–water partition coefficient (Wildman–Crippen LogP) is 4.61. The van der Waals surface area contributed by atoms with Gasteiger partial charge in [-0.2, -0.15) is 0 Å². The minimum Gasteiger partial charge on any atom is -0.305 e. The van der Waals surface area contributed by atoms with E-state index in [0.29, 0.717) is 10.0 Å². The molecule has 1 atom stereocenters. The normalized spacial score (nSPS) is 12.7. The van der Waals surface area contributed by atoms with Crippen LogP contribution in [0, 0.1) is 6.92 Å². The summed E-state index contributed by atoms with van der Waals surface area (Å²) >= 11 is 13.6. The van der Waals surface area contributed by atoms with Crippen LogP contribution in [0.3, 0.4) is 0 Å². The lowest BCUT2D eigenvalue weighted by atomic mass is 10.1. The quantitative estimate of drug-likeness (QED) is 0.892. The molecule has 0 saturated heterocycles. The summed E-state index contributed by atoms with van der Waals surface area (Å²) in [5.74, 6) is 0. The number of aromatic nitrogens is 1. The molecule has 18 heavy (non-hydrogen) atoms. The SMILES string of the molecule is Cc1nc(CN[C@H](C)c2ccc(Cl)c(Cl)c2)cs1. The summed E-state index contributed by atoms with van der Waals surface area (Å²) in [4.78, 5) is 4.42. The van der Waals surface area contributed by atoms with E-state index in [2.05, 4.69) is 22.6 Å². The molecular weight excluding hydrogens is 287 g/mol. The van der Waals surface area contributed by atoms with Crippen LogP contribution in [-0.4, -0.2) is 4.98 Å². The molecule has 1 aromatic heterocycles. The van der Waals surface area contributed by atoms with Gasteiger partial charge in [-0.15, -0.1) is 11.3 Å². The van der Waals surface area contributed by atoms with Gasteiger partial charge in [0.1, 0.15) is 0 Å². The number of halogens is 2. The van der Waals surface area contributed by atoms with Gasteiger partial charge in [-0.25, -0.2) is 4.98 Å². The van der Waals surface area contributed by atoms with E-state index in [-0.39, 0.29) is 6.04 Å². The van der Waals surface area contributed by atoms with Crippen molar-refractivity contribution in [2.24, 2.45) is 0 Å². The Bertz CT molecular complexity index is 540. The second-order valence-corrected chi connectivity index (χ2v) is 6.01. The smallest absolute Gasteiger partial charge is 0.0897 e. The molecule has 0 bridgehead atoms. The second-order valence-electron chi connectivity index (χ2n) is 4.13. The largest absolute Gasteiger partial charge is 0.305 e. The second kappa shape index (κ2) is 6.02. The Morgan fingerprint density at radius 3 is 2.72 bits per heavy atom. The zero-order valence-corrected chi connectivity index (χ0v) is 12.5. The van der Waals surface area contributed by atoms with Crippen molar-refractivity contribution >= 4 is 34.5 Å². The Morgan fingerprint density at radius 2 is 2.11 bits per heavy atom. The van der Waals surface area contributed by atoms with Crippen LogP contribution in [0.5, 0.6) is 0 Å². The van der Waals surface area contributed by atoms with Gasteiger partial charge in [-0.1, -0.05) is 29.3 Å². The first-order valence-electron chi connectivity index (χ1n) is 5.65. The molecular formula is C13H14Cl2N2S. The van der Waals surface area contributed by atoms with E-state index in [9.17, 15) is 0 Å². The number of thiazole rings is 1. The summed E-state index contributed by atoms with van der Waals surface area (Å²) in [5, 5.41) is 7.76.